The third-order valence-corrected chi connectivity index (χ3v) is 3.55. The average molecular weight is 254 g/mol. The Balaban J connectivity index is 2.13. The van der Waals surface area contributed by atoms with Crippen molar-refractivity contribution in [1.82, 2.24) is 9.97 Å². The number of rotatable bonds is 3. The Bertz CT molecular complexity index is 484. The molecule has 0 aliphatic rings. The van der Waals surface area contributed by atoms with Crippen LogP contribution in [0.2, 0.25) is 5.02 Å². The van der Waals surface area contributed by atoms with Crippen LogP contribution in [-0.4, -0.2) is 9.97 Å². The number of nitrogens with zero attached hydrogens (tertiary/aromatic N) is 2. The van der Waals surface area contributed by atoms with Gasteiger partial charge in [-0.15, -0.1) is 11.3 Å². The lowest BCUT2D eigenvalue weighted by Crippen LogP contribution is -2.06. The fraction of sp³-hybridized carbons (Fsp3) is 0.273. The van der Waals surface area contributed by atoms with E-state index in [4.69, 9.17) is 11.6 Å². The van der Waals surface area contributed by atoms with Gasteiger partial charge in [-0.05, 0) is 19.9 Å². The van der Waals surface area contributed by atoms with Crippen molar-refractivity contribution in [2.24, 2.45) is 0 Å². The molecule has 5 heteroatoms. The molecule has 2 aromatic heterocycles. The molecule has 0 radical (unpaired) electrons. The smallest absolute Gasteiger partial charge is 0.115 e. The van der Waals surface area contributed by atoms with Gasteiger partial charge in [0.1, 0.15) is 5.01 Å². The van der Waals surface area contributed by atoms with Crippen molar-refractivity contribution in [3.63, 3.8) is 0 Å². The van der Waals surface area contributed by atoms with Gasteiger partial charge in [0.25, 0.3) is 0 Å². The van der Waals surface area contributed by atoms with Crippen molar-refractivity contribution >= 4 is 28.6 Å². The molecule has 2 aromatic rings. The minimum atomic E-state index is 0.151. The van der Waals surface area contributed by atoms with E-state index in [1.165, 1.54) is 4.88 Å². The van der Waals surface area contributed by atoms with Crippen molar-refractivity contribution in [2.45, 2.75) is 19.9 Å². The highest BCUT2D eigenvalue weighted by molar-refractivity contribution is 7.11. The number of thiazole rings is 1. The summed E-state index contributed by atoms with van der Waals surface area (Å²) < 4.78 is 0. The summed E-state index contributed by atoms with van der Waals surface area (Å²) in [5.41, 5.74) is 0.886. The molecule has 0 bridgehead atoms. The standard InChI is InChI=1S/C11H12ClN3S/c1-7-5-14-11(16-7)8(2)15-10-3-4-13-6-9(10)12/h3-6,8H,1-2H3,(H,13,15). The lowest BCUT2D eigenvalue weighted by atomic mass is 10.3. The monoisotopic (exact) mass is 253 g/mol. The lowest BCUT2D eigenvalue weighted by Gasteiger charge is -2.13. The highest BCUT2D eigenvalue weighted by Gasteiger charge is 2.10. The van der Waals surface area contributed by atoms with E-state index in [0.717, 1.165) is 10.7 Å². The van der Waals surface area contributed by atoms with Gasteiger partial charge in [-0.3, -0.25) is 4.98 Å². The molecule has 0 fully saturated rings. The molecule has 0 saturated carbocycles. The molecule has 1 unspecified atom stereocenters. The molecule has 16 heavy (non-hydrogen) atoms. The van der Waals surface area contributed by atoms with Crippen LogP contribution in [-0.2, 0) is 0 Å². The summed E-state index contributed by atoms with van der Waals surface area (Å²) in [4.78, 5) is 9.50. The number of pyridine rings is 1. The number of halogens is 1. The maximum atomic E-state index is 6.02. The topological polar surface area (TPSA) is 37.8 Å². The van der Waals surface area contributed by atoms with Crippen LogP contribution < -0.4 is 5.32 Å². The Hall–Kier alpha value is -1.13. The molecule has 0 spiro atoms. The molecule has 84 valence electrons. The largest absolute Gasteiger partial charge is 0.375 e. The van der Waals surface area contributed by atoms with Gasteiger partial charge in [0.2, 0.25) is 0 Å². The summed E-state index contributed by atoms with van der Waals surface area (Å²) in [6, 6.07) is 2.01. The van der Waals surface area contributed by atoms with Crippen LogP contribution in [0, 0.1) is 6.92 Å². The minimum absolute atomic E-state index is 0.151. The van der Waals surface area contributed by atoms with E-state index in [1.54, 1.807) is 23.7 Å². The summed E-state index contributed by atoms with van der Waals surface area (Å²) in [6.45, 7) is 4.11. The van der Waals surface area contributed by atoms with Crippen molar-refractivity contribution < 1.29 is 0 Å². The molecular formula is C11H12ClN3S. The third kappa shape index (κ3) is 2.51. The first-order valence-electron chi connectivity index (χ1n) is 4.95. The van der Waals surface area contributed by atoms with Crippen LogP contribution in [0.3, 0.4) is 0 Å². The summed E-state index contributed by atoms with van der Waals surface area (Å²) in [5, 5.41) is 5.00. The second-order valence-corrected chi connectivity index (χ2v) is 5.20. The molecule has 1 atom stereocenters. The van der Waals surface area contributed by atoms with E-state index in [-0.39, 0.29) is 6.04 Å². The van der Waals surface area contributed by atoms with E-state index >= 15 is 0 Å². The Morgan fingerprint density at radius 3 is 2.88 bits per heavy atom. The Kier molecular flexibility index (Phi) is 3.41. The van der Waals surface area contributed by atoms with Gasteiger partial charge >= 0.3 is 0 Å². The number of aromatic nitrogens is 2. The fourth-order valence-electron chi connectivity index (χ4n) is 1.36. The molecule has 1 N–H and O–H groups in total. The first-order chi connectivity index (χ1) is 7.66. The number of aryl methyl sites for hydroxylation is 1. The van der Waals surface area contributed by atoms with E-state index in [2.05, 4.69) is 22.2 Å². The number of nitrogens with one attached hydrogen (secondary N) is 1. The van der Waals surface area contributed by atoms with Crippen molar-refractivity contribution in [1.29, 1.82) is 0 Å². The second kappa shape index (κ2) is 4.80. The normalized spacial score (nSPS) is 12.4. The number of hydrogen-bond acceptors (Lipinski definition) is 4. The molecular weight excluding hydrogens is 242 g/mol. The number of hydrogen-bond donors (Lipinski definition) is 1. The molecule has 0 aromatic carbocycles. The number of anilines is 1. The van der Waals surface area contributed by atoms with Crippen LogP contribution in [0.4, 0.5) is 5.69 Å². The fourth-order valence-corrected chi connectivity index (χ4v) is 2.31. The van der Waals surface area contributed by atoms with E-state index in [1.807, 2.05) is 19.2 Å². The van der Waals surface area contributed by atoms with Gasteiger partial charge in [0.15, 0.2) is 0 Å². The zero-order valence-corrected chi connectivity index (χ0v) is 10.6. The van der Waals surface area contributed by atoms with E-state index < -0.39 is 0 Å². The van der Waals surface area contributed by atoms with Crippen molar-refractivity contribution in [3.05, 3.63) is 39.6 Å². The summed E-state index contributed by atoms with van der Waals surface area (Å²) in [5.74, 6) is 0. The van der Waals surface area contributed by atoms with Crippen LogP contribution in [0.15, 0.2) is 24.7 Å². The Morgan fingerprint density at radius 2 is 2.25 bits per heavy atom. The maximum absolute atomic E-state index is 6.02. The van der Waals surface area contributed by atoms with E-state index in [9.17, 15) is 0 Å². The highest BCUT2D eigenvalue weighted by Crippen LogP contribution is 2.26. The molecule has 0 aliphatic heterocycles. The Labute approximate surface area is 104 Å². The van der Waals surface area contributed by atoms with Crippen LogP contribution in [0.5, 0.6) is 0 Å². The quantitative estimate of drug-likeness (QED) is 0.907. The van der Waals surface area contributed by atoms with E-state index in [0.29, 0.717) is 5.02 Å². The summed E-state index contributed by atoms with van der Waals surface area (Å²) >= 11 is 7.71. The second-order valence-electron chi connectivity index (χ2n) is 3.53. The average Bonchev–Trinajstić information content (AvgIpc) is 2.68. The molecule has 0 saturated heterocycles. The van der Waals surface area contributed by atoms with Crippen LogP contribution in [0.1, 0.15) is 22.9 Å². The lowest BCUT2D eigenvalue weighted by molar-refractivity contribution is 0.869. The van der Waals surface area contributed by atoms with Crippen molar-refractivity contribution in [2.75, 3.05) is 5.32 Å². The van der Waals surface area contributed by atoms with Gasteiger partial charge in [0, 0.05) is 23.5 Å². The summed E-state index contributed by atoms with van der Waals surface area (Å²) in [7, 11) is 0. The molecule has 3 nitrogen and oxygen atoms in total. The molecule has 2 rings (SSSR count). The molecule has 0 amide bonds. The maximum Gasteiger partial charge on any atom is 0.115 e. The Morgan fingerprint density at radius 1 is 1.44 bits per heavy atom. The van der Waals surface area contributed by atoms with Gasteiger partial charge in [-0.25, -0.2) is 4.98 Å². The molecule has 2 heterocycles. The first-order valence-corrected chi connectivity index (χ1v) is 6.14. The minimum Gasteiger partial charge on any atom is -0.375 e. The first kappa shape index (κ1) is 11.4. The van der Waals surface area contributed by atoms with Gasteiger partial charge in [-0.2, -0.15) is 0 Å². The van der Waals surface area contributed by atoms with Gasteiger partial charge in [-0.1, -0.05) is 11.6 Å². The predicted molar refractivity (Wildman–Crippen MR) is 68.1 cm³/mol. The predicted octanol–water partition coefficient (Wildman–Crippen LogP) is 3.67. The zero-order valence-electron chi connectivity index (χ0n) is 9.07. The third-order valence-electron chi connectivity index (χ3n) is 2.15. The van der Waals surface area contributed by atoms with Crippen molar-refractivity contribution in [3.8, 4) is 0 Å². The SMILES string of the molecule is Cc1cnc(C(C)Nc2ccncc2Cl)s1. The zero-order chi connectivity index (χ0) is 11.5. The summed E-state index contributed by atoms with van der Waals surface area (Å²) in [6.07, 6.45) is 5.23. The van der Waals surface area contributed by atoms with Crippen LogP contribution >= 0.6 is 22.9 Å². The van der Waals surface area contributed by atoms with Gasteiger partial charge < -0.3 is 5.32 Å². The van der Waals surface area contributed by atoms with Crippen LogP contribution in [0.25, 0.3) is 0 Å². The highest BCUT2D eigenvalue weighted by atomic mass is 35.5. The van der Waals surface area contributed by atoms with Gasteiger partial charge in [0.05, 0.1) is 16.8 Å². The molecule has 0 aliphatic carbocycles.